The standard InChI is InChI=1S/C24H23ClN2O5/c1-14-7-5-6-8-18(14)26-23(28)15-9-10-17(25)19(11-15)27-24(29)16-12-20(30-2)22(32-4)21(13-16)31-3/h5-13H,1-4H3,(H,26,28)(H,27,29). The monoisotopic (exact) mass is 454 g/mol. The van der Waals surface area contributed by atoms with Gasteiger partial charge in [-0.25, -0.2) is 0 Å². The summed E-state index contributed by atoms with van der Waals surface area (Å²) in [7, 11) is 4.41. The fourth-order valence-electron chi connectivity index (χ4n) is 3.08. The lowest BCUT2D eigenvalue weighted by atomic mass is 10.1. The number of rotatable bonds is 7. The van der Waals surface area contributed by atoms with Crippen molar-refractivity contribution in [2.75, 3.05) is 32.0 Å². The van der Waals surface area contributed by atoms with Crippen LogP contribution >= 0.6 is 11.6 Å². The first-order chi connectivity index (χ1) is 15.4. The van der Waals surface area contributed by atoms with Crippen molar-refractivity contribution in [3.63, 3.8) is 0 Å². The molecule has 166 valence electrons. The van der Waals surface area contributed by atoms with E-state index in [1.807, 2.05) is 31.2 Å². The fourth-order valence-corrected chi connectivity index (χ4v) is 3.24. The number of hydrogen-bond donors (Lipinski definition) is 2. The molecular weight excluding hydrogens is 432 g/mol. The molecule has 3 aromatic rings. The van der Waals surface area contributed by atoms with Gasteiger partial charge in [-0.3, -0.25) is 9.59 Å². The second-order valence-electron chi connectivity index (χ2n) is 6.83. The van der Waals surface area contributed by atoms with Gasteiger partial charge in [0.2, 0.25) is 5.75 Å². The minimum Gasteiger partial charge on any atom is -0.493 e. The highest BCUT2D eigenvalue weighted by molar-refractivity contribution is 6.34. The number of ether oxygens (including phenoxy) is 3. The topological polar surface area (TPSA) is 85.9 Å². The molecule has 0 aliphatic heterocycles. The Morgan fingerprint density at radius 3 is 1.94 bits per heavy atom. The molecule has 0 fully saturated rings. The molecule has 0 spiro atoms. The molecule has 0 aliphatic rings. The number of benzene rings is 3. The second kappa shape index (κ2) is 10.1. The summed E-state index contributed by atoms with van der Waals surface area (Å²) in [6, 6.07) is 15.2. The van der Waals surface area contributed by atoms with Gasteiger partial charge in [0.05, 0.1) is 32.0 Å². The SMILES string of the molecule is COc1cc(C(=O)Nc2cc(C(=O)Nc3ccccc3C)ccc2Cl)cc(OC)c1OC. The summed E-state index contributed by atoms with van der Waals surface area (Å²) < 4.78 is 15.9. The van der Waals surface area contributed by atoms with Gasteiger partial charge in [-0.15, -0.1) is 0 Å². The minimum atomic E-state index is -0.456. The molecule has 0 heterocycles. The maximum absolute atomic E-state index is 12.9. The number of amides is 2. The number of aryl methyl sites for hydroxylation is 1. The maximum atomic E-state index is 12.9. The average Bonchev–Trinajstić information content (AvgIpc) is 2.80. The van der Waals surface area contributed by atoms with E-state index in [1.54, 1.807) is 12.1 Å². The lowest BCUT2D eigenvalue weighted by Gasteiger charge is -2.15. The van der Waals surface area contributed by atoms with E-state index in [0.29, 0.717) is 39.2 Å². The molecular formula is C24H23ClN2O5. The van der Waals surface area contributed by atoms with E-state index >= 15 is 0 Å². The summed E-state index contributed by atoms with van der Waals surface area (Å²) in [6.07, 6.45) is 0. The van der Waals surface area contributed by atoms with Gasteiger partial charge >= 0.3 is 0 Å². The second-order valence-corrected chi connectivity index (χ2v) is 7.24. The highest BCUT2D eigenvalue weighted by atomic mass is 35.5. The number of methoxy groups -OCH3 is 3. The quantitative estimate of drug-likeness (QED) is 0.513. The van der Waals surface area contributed by atoms with Crippen LogP contribution in [0.3, 0.4) is 0 Å². The molecule has 0 atom stereocenters. The Labute approximate surface area is 191 Å². The van der Waals surface area contributed by atoms with Gasteiger partial charge in [0.25, 0.3) is 11.8 Å². The highest BCUT2D eigenvalue weighted by Crippen LogP contribution is 2.38. The largest absolute Gasteiger partial charge is 0.493 e. The summed E-state index contributed by atoms with van der Waals surface area (Å²) in [5.41, 5.74) is 2.55. The van der Waals surface area contributed by atoms with E-state index in [9.17, 15) is 9.59 Å². The zero-order valence-electron chi connectivity index (χ0n) is 18.1. The van der Waals surface area contributed by atoms with Crippen molar-refractivity contribution in [2.24, 2.45) is 0 Å². The highest BCUT2D eigenvalue weighted by Gasteiger charge is 2.18. The van der Waals surface area contributed by atoms with Gasteiger partial charge in [-0.1, -0.05) is 29.8 Å². The molecule has 0 saturated carbocycles. The van der Waals surface area contributed by atoms with Crippen LogP contribution in [0, 0.1) is 6.92 Å². The Morgan fingerprint density at radius 2 is 1.34 bits per heavy atom. The van der Waals surface area contributed by atoms with Crippen LogP contribution in [-0.4, -0.2) is 33.1 Å². The van der Waals surface area contributed by atoms with Crippen LogP contribution in [0.4, 0.5) is 11.4 Å². The number of halogens is 1. The molecule has 7 nitrogen and oxygen atoms in total. The van der Waals surface area contributed by atoms with Gasteiger partial charge in [0.15, 0.2) is 11.5 Å². The number of carbonyl (C=O) groups is 2. The van der Waals surface area contributed by atoms with Gasteiger partial charge in [0, 0.05) is 16.8 Å². The molecule has 3 aromatic carbocycles. The Hall–Kier alpha value is -3.71. The zero-order valence-corrected chi connectivity index (χ0v) is 18.9. The van der Waals surface area contributed by atoms with Crippen molar-refractivity contribution >= 4 is 34.8 Å². The normalized spacial score (nSPS) is 10.3. The van der Waals surface area contributed by atoms with Crippen LogP contribution in [0.2, 0.25) is 5.02 Å². The molecule has 3 rings (SSSR count). The molecule has 2 amide bonds. The van der Waals surface area contributed by atoms with E-state index < -0.39 is 5.91 Å². The number of anilines is 2. The Bertz CT molecular complexity index is 1140. The molecule has 0 radical (unpaired) electrons. The summed E-state index contributed by atoms with van der Waals surface area (Å²) in [5.74, 6) is 0.283. The minimum absolute atomic E-state index is 0.269. The van der Waals surface area contributed by atoms with Crippen molar-refractivity contribution in [3.05, 3.63) is 76.3 Å². The predicted octanol–water partition coefficient (Wildman–Crippen LogP) is 5.18. The van der Waals surface area contributed by atoms with Crippen molar-refractivity contribution in [2.45, 2.75) is 6.92 Å². The van der Waals surface area contributed by atoms with Crippen LogP contribution in [0.15, 0.2) is 54.6 Å². The van der Waals surface area contributed by atoms with Gasteiger partial charge in [-0.05, 0) is 48.9 Å². The first-order valence-corrected chi connectivity index (χ1v) is 10.0. The van der Waals surface area contributed by atoms with Crippen LogP contribution in [0.1, 0.15) is 26.3 Å². The Balaban J connectivity index is 1.86. The summed E-state index contributed by atoms with van der Waals surface area (Å²) in [5, 5.41) is 5.88. The van der Waals surface area contributed by atoms with E-state index in [4.69, 9.17) is 25.8 Å². The smallest absolute Gasteiger partial charge is 0.255 e. The van der Waals surface area contributed by atoms with Crippen LogP contribution in [-0.2, 0) is 0 Å². The zero-order chi connectivity index (χ0) is 23.3. The first kappa shape index (κ1) is 23.0. The molecule has 0 aliphatic carbocycles. The van der Waals surface area contributed by atoms with E-state index in [2.05, 4.69) is 10.6 Å². The lowest BCUT2D eigenvalue weighted by Crippen LogP contribution is -2.15. The Morgan fingerprint density at radius 1 is 0.750 bits per heavy atom. The summed E-state index contributed by atoms with van der Waals surface area (Å²) >= 11 is 6.27. The van der Waals surface area contributed by atoms with E-state index in [1.165, 1.54) is 39.5 Å². The predicted molar refractivity (Wildman–Crippen MR) is 125 cm³/mol. The molecule has 8 heteroatoms. The third-order valence-electron chi connectivity index (χ3n) is 4.80. The maximum Gasteiger partial charge on any atom is 0.255 e. The molecule has 0 unspecified atom stereocenters. The third kappa shape index (κ3) is 4.95. The van der Waals surface area contributed by atoms with E-state index in [-0.39, 0.29) is 11.5 Å². The Kier molecular flexibility index (Phi) is 7.22. The lowest BCUT2D eigenvalue weighted by molar-refractivity contribution is 0.101. The average molecular weight is 455 g/mol. The van der Waals surface area contributed by atoms with Crippen LogP contribution in [0.25, 0.3) is 0 Å². The van der Waals surface area contributed by atoms with Crippen LogP contribution in [0.5, 0.6) is 17.2 Å². The van der Waals surface area contributed by atoms with Gasteiger partial charge in [-0.2, -0.15) is 0 Å². The number of carbonyl (C=O) groups excluding carboxylic acids is 2. The van der Waals surface area contributed by atoms with Crippen molar-refractivity contribution in [1.29, 1.82) is 0 Å². The van der Waals surface area contributed by atoms with Crippen molar-refractivity contribution in [3.8, 4) is 17.2 Å². The summed E-state index contributed by atoms with van der Waals surface area (Å²) in [4.78, 5) is 25.6. The molecule has 2 N–H and O–H groups in total. The fraction of sp³-hybridized carbons (Fsp3) is 0.167. The third-order valence-corrected chi connectivity index (χ3v) is 5.13. The number of nitrogens with one attached hydrogen (secondary N) is 2. The van der Waals surface area contributed by atoms with E-state index in [0.717, 1.165) is 5.56 Å². The van der Waals surface area contributed by atoms with Crippen LogP contribution < -0.4 is 24.8 Å². The number of hydrogen-bond acceptors (Lipinski definition) is 5. The van der Waals surface area contributed by atoms with Crippen molar-refractivity contribution in [1.82, 2.24) is 0 Å². The van der Waals surface area contributed by atoms with Crippen molar-refractivity contribution < 1.29 is 23.8 Å². The molecule has 0 bridgehead atoms. The van der Waals surface area contributed by atoms with Gasteiger partial charge in [0.1, 0.15) is 0 Å². The summed E-state index contributed by atoms with van der Waals surface area (Å²) in [6.45, 7) is 1.90. The number of para-hydroxylation sites is 1. The molecule has 0 aromatic heterocycles. The van der Waals surface area contributed by atoms with Gasteiger partial charge < -0.3 is 24.8 Å². The first-order valence-electron chi connectivity index (χ1n) is 9.65. The molecule has 0 saturated heterocycles. The molecule has 32 heavy (non-hydrogen) atoms.